The molecule has 0 heterocycles. The molecule has 15 heavy (non-hydrogen) atoms. The molecule has 0 aliphatic heterocycles. The second kappa shape index (κ2) is 5.53. The quantitative estimate of drug-likeness (QED) is 0.525. The topological polar surface area (TPSA) is 26.3 Å². The molecule has 0 aromatic rings. The standard InChI is InChI=1S/C13H26O2/c1-12(2,3)9-7-8-10-15-11(14)13(4,5)6/h7-10H2,1-6H3. The van der Waals surface area contributed by atoms with Crippen molar-refractivity contribution in [1.82, 2.24) is 0 Å². The maximum atomic E-state index is 11.4. The summed E-state index contributed by atoms with van der Waals surface area (Å²) in [6.07, 6.45) is 3.28. The first kappa shape index (κ1) is 14.5. The zero-order valence-electron chi connectivity index (χ0n) is 11.1. The van der Waals surface area contributed by atoms with Crippen LogP contribution in [0.15, 0.2) is 0 Å². The summed E-state index contributed by atoms with van der Waals surface area (Å²) in [6.45, 7) is 12.9. The minimum Gasteiger partial charge on any atom is -0.465 e. The highest BCUT2D eigenvalue weighted by Gasteiger charge is 2.22. The highest BCUT2D eigenvalue weighted by molar-refractivity contribution is 5.75. The van der Waals surface area contributed by atoms with Crippen molar-refractivity contribution in [2.75, 3.05) is 6.61 Å². The number of carbonyl (C=O) groups excluding carboxylic acids is 1. The molecule has 0 fully saturated rings. The van der Waals surface area contributed by atoms with Crippen LogP contribution in [-0.4, -0.2) is 12.6 Å². The number of hydrogen-bond donors (Lipinski definition) is 0. The first-order valence-electron chi connectivity index (χ1n) is 5.80. The van der Waals surface area contributed by atoms with E-state index in [1.807, 2.05) is 20.8 Å². The largest absolute Gasteiger partial charge is 0.465 e. The van der Waals surface area contributed by atoms with Crippen LogP contribution in [0.3, 0.4) is 0 Å². The zero-order valence-corrected chi connectivity index (χ0v) is 11.1. The van der Waals surface area contributed by atoms with Crippen molar-refractivity contribution in [3.63, 3.8) is 0 Å². The van der Waals surface area contributed by atoms with Crippen molar-refractivity contribution >= 4 is 5.97 Å². The van der Waals surface area contributed by atoms with E-state index in [1.165, 1.54) is 6.42 Å². The summed E-state index contributed by atoms with van der Waals surface area (Å²) < 4.78 is 5.18. The third kappa shape index (κ3) is 8.46. The van der Waals surface area contributed by atoms with Gasteiger partial charge < -0.3 is 4.74 Å². The zero-order chi connectivity index (χ0) is 12.1. The van der Waals surface area contributed by atoms with E-state index in [0.717, 1.165) is 12.8 Å². The Morgan fingerprint density at radius 2 is 1.53 bits per heavy atom. The van der Waals surface area contributed by atoms with Crippen molar-refractivity contribution in [3.8, 4) is 0 Å². The Labute approximate surface area is 94.4 Å². The van der Waals surface area contributed by atoms with Gasteiger partial charge in [-0.15, -0.1) is 0 Å². The Hall–Kier alpha value is -0.530. The molecule has 0 bridgehead atoms. The van der Waals surface area contributed by atoms with Gasteiger partial charge in [-0.25, -0.2) is 0 Å². The fourth-order valence-electron chi connectivity index (χ4n) is 1.14. The van der Waals surface area contributed by atoms with E-state index in [9.17, 15) is 4.79 Å². The van der Waals surface area contributed by atoms with E-state index >= 15 is 0 Å². The highest BCUT2D eigenvalue weighted by Crippen LogP contribution is 2.21. The van der Waals surface area contributed by atoms with Crippen molar-refractivity contribution in [2.24, 2.45) is 10.8 Å². The van der Waals surface area contributed by atoms with E-state index in [0.29, 0.717) is 12.0 Å². The lowest BCUT2D eigenvalue weighted by Crippen LogP contribution is -2.23. The lowest BCUT2D eigenvalue weighted by atomic mass is 9.90. The first-order valence-corrected chi connectivity index (χ1v) is 5.80. The number of unbranched alkanes of at least 4 members (excludes halogenated alkanes) is 1. The monoisotopic (exact) mass is 214 g/mol. The molecule has 0 aliphatic rings. The first-order chi connectivity index (χ1) is 6.63. The Balaban J connectivity index is 3.53. The van der Waals surface area contributed by atoms with E-state index in [1.54, 1.807) is 0 Å². The molecule has 2 nitrogen and oxygen atoms in total. The number of hydrogen-bond acceptors (Lipinski definition) is 2. The van der Waals surface area contributed by atoms with Gasteiger partial charge in [0.2, 0.25) is 0 Å². The van der Waals surface area contributed by atoms with Crippen molar-refractivity contribution in [1.29, 1.82) is 0 Å². The van der Waals surface area contributed by atoms with Gasteiger partial charge in [0.1, 0.15) is 0 Å². The van der Waals surface area contributed by atoms with E-state index in [2.05, 4.69) is 20.8 Å². The Morgan fingerprint density at radius 3 is 1.93 bits per heavy atom. The Kier molecular flexibility index (Phi) is 5.33. The SMILES string of the molecule is CC(C)(C)CCCCOC(=O)C(C)(C)C. The van der Waals surface area contributed by atoms with Gasteiger partial charge in [0.25, 0.3) is 0 Å². The molecule has 2 heteroatoms. The van der Waals surface area contributed by atoms with E-state index < -0.39 is 0 Å². The molecule has 0 aromatic carbocycles. The van der Waals surface area contributed by atoms with Gasteiger partial charge >= 0.3 is 5.97 Å². The predicted octanol–water partition coefficient (Wildman–Crippen LogP) is 3.79. The van der Waals surface area contributed by atoms with Gasteiger partial charge in [0, 0.05) is 0 Å². The fourth-order valence-corrected chi connectivity index (χ4v) is 1.14. The highest BCUT2D eigenvalue weighted by atomic mass is 16.5. The number of rotatable bonds is 4. The second-order valence-electron chi connectivity index (χ2n) is 6.40. The third-order valence-corrected chi connectivity index (χ3v) is 2.17. The summed E-state index contributed by atoms with van der Waals surface area (Å²) in [5.41, 5.74) is 0.0120. The molecule has 0 atom stereocenters. The van der Waals surface area contributed by atoms with Crippen molar-refractivity contribution in [2.45, 2.75) is 60.8 Å². The van der Waals surface area contributed by atoms with Crippen LogP contribution in [0.5, 0.6) is 0 Å². The second-order valence-corrected chi connectivity index (χ2v) is 6.40. The summed E-state index contributed by atoms with van der Waals surface area (Å²) in [5.74, 6) is -0.0988. The van der Waals surface area contributed by atoms with E-state index in [4.69, 9.17) is 4.74 Å². The van der Waals surface area contributed by atoms with Gasteiger partial charge in [-0.05, 0) is 45.4 Å². The maximum absolute atomic E-state index is 11.4. The maximum Gasteiger partial charge on any atom is 0.311 e. The molecule has 0 radical (unpaired) electrons. The lowest BCUT2D eigenvalue weighted by Gasteiger charge is -2.19. The molecular weight excluding hydrogens is 188 g/mol. The average Bonchev–Trinajstić information content (AvgIpc) is 1.99. The molecule has 0 unspecified atom stereocenters. The number of carbonyl (C=O) groups is 1. The van der Waals surface area contributed by atoms with Crippen molar-refractivity contribution in [3.05, 3.63) is 0 Å². The molecule has 0 saturated heterocycles. The van der Waals surface area contributed by atoms with Gasteiger partial charge in [-0.2, -0.15) is 0 Å². The molecule has 0 saturated carbocycles. The Morgan fingerprint density at radius 1 is 1.00 bits per heavy atom. The number of esters is 1. The summed E-state index contributed by atoms with van der Waals surface area (Å²) in [7, 11) is 0. The molecule has 0 rings (SSSR count). The van der Waals surface area contributed by atoms with Crippen LogP contribution in [0.1, 0.15) is 60.8 Å². The molecule has 0 spiro atoms. The third-order valence-electron chi connectivity index (χ3n) is 2.17. The normalized spacial score (nSPS) is 12.7. The summed E-state index contributed by atoms with van der Waals surface area (Å²) in [5, 5.41) is 0. The molecule has 0 aromatic heterocycles. The molecule has 0 amide bonds. The van der Waals surface area contributed by atoms with Crippen LogP contribution in [0.25, 0.3) is 0 Å². The summed E-state index contributed by atoms with van der Waals surface area (Å²) in [4.78, 5) is 11.4. The summed E-state index contributed by atoms with van der Waals surface area (Å²) >= 11 is 0. The molecule has 0 N–H and O–H groups in total. The van der Waals surface area contributed by atoms with Gasteiger partial charge in [0.05, 0.1) is 12.0 Å². The minimum absolute atomic E-state index is 0.0988. The van der Waals surface area contributed by atoms with Crippen LogP contribution >= 0.6 is 0 Å². The summed E-state index contributed by atoms with van der Waals surface area (Å²) in [6, 6.07) is 0. The van der Waals surface area contributed by atoms with Crippen LogP contribution < -0.4 is 0 Å². The number of ether oxygens (including phenoxy) is 1. The predicted molar refractivity (Wildman–Crippen MR) is 63.7 cm³/mol. The minimum atomic E-state index is -0.371. The van der Waals surface area contributed by atoms with Crippen LogP contribution in [0, 0.1) is 10.8 Å². The van der Waals surface area contributed by atoms with Crippen molar-refractivity contribution < 1.29 is 9.53 Å². The molecule has 0 aliphatic carbocycles. The fraction of sp³-hybridized carbons (Fsp3) is 0.923. The van der Waals surface area contributed by atoms with E-state index in [-0.39, 0.29) is 11.4 Å². The van der Waals surface area contributed by atoms with Gasteiger partial charge in [0.15, 0.2) is 0 Å². The molecular formula is C13H26O2. The lowest BCUT2D eigenvalue weighted by molar-refractivity contribution is -0.153. The Bertz CT molecular complexity index is 194. The average molecular weight is 214 g/mol. The smallest absolute Gasteiger partial charge is 0.311 e. The van der Waals surface area contributed by atoms with Crippen LogP contribution in [-0.2, 0) is 9.53 Å². The van der Waals surface area contributed by atoms with Gasteiger partial charge in [-0.1, -0.05) is 20.8 Å². The molecule has 90 valence electrons. The van der Waals surface area contributed by atoms with Crippen LogP contribution in [0.2, 0.25) is 0 Å². The van der Waals surface area contributed by atoms with Crippen LogP contribution in [0.4, 0.5) is 0 Å². The van der Waals surface area contributed by atoms with Gasteiger partial charge in [-0.3, -0.25) is 4.79 Å².